The highest BCUT2D eigenvalue weighted by atomic mass is 16.5. The zero-order valence-electron chi connectivity index (χ0n) is 15.4. The second kappa shape index (κ2) is 9.18. The first-order chi connectivity index (χ1) is 14.0. The monoisotopic (exact) mass is 389 g/mol. The number of benzene rings is 3. The van der Waals surface area contributed by atoms with E-state index >= 15 is 0 Å². The lowest BCUT2D eigenvalue weighted by Gasteiger charge is -2.09. The number of hydrogen-bond acceptors (Lipinski definition) is 4. The third kappa shape index (κ3) is 5.67. The maximum absolute atomic E-state index is 12.5. The highest BCUT2D eigenvalue weighted by molar-refractivity contribution is 6.05. The first-order valence-electron chi connectivity index (χ1n) is 8.82. The van der Waals surface area contributed by atoms with Gasteiger partial charge in [0.15, 0.2) is 0 Å². The third-order valence-corrected chi connectivity index (χ3v) is 3.90. The molecule has 29 heavy (non-hydrogen) atoms. The average Bonchev–Trinajstić information content (AvgIpc) is 2.73. The van der Waals surface area contributed by atoms with E-state index in [1.165, 1.54) is 0 Å². The van der Waals surface area contributed by atoms with E-state index in [9.17, 15) is 14.4 Å². The molecule has 3 aromatic carbocycles. The fourth-order valence-electron chi connectivity index (χ4n) is 2.50. The number of anilines is 1. The highest BCUT2D eigenvalue weighted by Crippen LogP contribution is 2.22. The molecule has 0 atom stereocenters. The number of ether oxygens (including phenoxy) is 1. The lowest BCUT2D eigenvalue weighted by atomic mass is 10.1. The molecule has 0 aliphatic carbocycles. The quantitative estimate of drug-likeness (QED) is 0.577. The molecule has 0 radical (unpaired) electrons. The molecule has 0 aliphatic rings. The van der Waals surface area contributed by atoms with Gasteiger partial charge in [0.2, 0.25) is 5.91 Å². The van der Waals surface area contributed by atoms with E-state index in [1.54, 1.807) is 48.5 Å². The molecule has 0 bridgehead atoms. The van der Waals surface area contributed by atoms with Gasteiger partial charge in [0.25, 0.3) is 11.8 Å². The molecular formula is C22H19N3O4. The van der Waals surface area contributed by atoms with Gasteiger partial charge in [-0.15, -0.1) is 0 Å². The van der Waals surface area contributed by atoms with Gasteiger partial charge in [-0.25, -0.2) is 0 Å². The van der Waals surface area contributed by atoms with E-state index in [4.69, 9.17) is 10.5 Å². The molecule has 3 rings (SSSR count). The van der Waals surface area contributed by atoms with Crippen molar-refractivity contribution in [1.29, 1.82) is 0 Å². The minimum absolute atomic E-state index is 0.237. The topological polar surface area (TPSA) is 111 Å². The Bertz CT molecular complexity index is 1020. The first kappa shape index (κ1) is 19.6. The van der Waals surface area contributed by atoms with Crippen molar-refractivity contribution in [3.8, 4) is 11.5 Å². The van der Waals surface area contributed by atoms with Crippen molar-refractivity contribution in [2.45, 2.75) is 0 Å². The maximum atomic E-state index is 12.5. The van der Waals surface area contributed by atoms with Crippen molar-refractivity contribution < 1.29 is 19.1 Å². The summed E-state index contributed by atoms with van der Waals surface area (Å²) in [5.74, 6) is -0.136. The van der Waals surface area contributed by atoms with Gasteiger partial charge in [-0.2, -0.15) is 0 Å². The molecule has 0 heterocycles. The van der Waals surface area contributed by atoms with Crippen LogP contribution >= 0.6 is 0 Å². The molecule has 7 nitrogen and oxygen atoms in total. The number of rotatable bonds is 7. The number of hydrogen-bond donors (Lipinski definition) is 3. The molecule has 0 saturated carbocycles. The van der Waals surface area contributed by atoms with Gasteiger partial charge in [0, 0.05) is 16.8 Å². The van der Waals surface area contributed by atoms with Gasteiger partial charge in [0.1, 0.15) is 11.5 Å². The Morgan fingerprint density at radius 3 is 2.14 bits per heavy atom. The molecule has 0 aliphatic heterocycles. The molecule has 0 saturated heterocycles. The number of para-hydroxylation sites is 1. The smallest absolute Gasteiger partial charge is 0.255 e. The van der Waals surface area contributed by atoms with Gasteiger partial charge in [0.05, 0.1) is 6.54 Å². The summed E-state index contributed by atoms with van der Waals surface area (Å²) in [7, 11) is 0. The van der Waals surface area contributed by atoms with Crippen LogP contribution in [0.25, 0.3) is 0 Å². The Labute approximate surface area is 167 Å². The Hall–Kier alpha value is -4.13. The SMILES string of the molecule is NC(=O)CNC(=O)c1ccc(NC(=O)c2cccc(Oc3ccccc3)c2)cc1. The Balaban J connectivity index is 1.63. The van der Waals surface area contributed by atoms with Crippen LogP contribution in [0.4, 0.5) is 5.69 Å². The summed E-state index contributed by atoms with van der Waals surface area (Å²) in [5.41, 5.74) is 6.30. The van der Waals surface area contributed by atoms with Crippen LogP contribution in [0.3, 0.4) is 0 Å². The minimum atomic E-state index is -0.624. The van der Waals surface area contributed by atoms with Crippen LogP contribution in [-0.2, 0) is 4.79 Å². The predicted molar refractivity (Wildman–Crippen MR) is 109 cm³/mol. The number of carbonyl (C=O) groups is 3. The summed E-state index contributed by atoms with van der Waals surface area (Å²) in [5, 5.41) is 5.16. The second-order valence-electron chi connectivity index (χ2n) is 6.12. The molecular weight excluding hydrogens is 370 g/mol. The summed E-state index contributed by atoms with van der Waals surface area (Å²) in [6.45, 7) is -0.237. The number of carbonyl (C=O) groups excluding carboxylic acids is 3. The summed E-state index contributed by atoms with van der Waals surface area (Å²) in [6.07, 6.45) is 0. The zero-order chi connectivity index (χ0) is 20.6. The lowest BCUT2D eigenvalue weighted by Crippen LogP contribution is -2.33. The molecule has 0 spiro atoms. The van der Waals surface area contributed by atoms with Gasteiger partial charge >= 0.3 is 0 Å². The standard InChI is InChI=1S/C22H19N3O4/c23-20(26)14-24-21(27)15-9-11-17(12-10-15)25-22(28)16-5-4-8-19(13-16)29-18-6-2-1-3-7-18/h1-13H,14H2,(H2,23,26)(H,24,27)(H,25,28). The fourth-order valence-corrected chi connectivity index (χ4v) is 2.50. The van der Waals surface area contributed by atoms with E-state index in [0.717, 1.165) is 0 Å². The van der Waals surface area contributed by atoms with E-state index in [2.05, 4.69) is 10.6 Å². The normalized spacial score (nSPS) is 10.1. The van der Waals surface area contributed by atoms with Crippen molar-refractivity contribution in [2.75, 3.05) is 11.9 Å². The number of primary amides is 1. The summed E-state index contributed by atoms with van der Waals surface area (Å²) in [6, 6.07) is 22.4. The van der Waals surface area contributed by atoms with E-state index in [-0.39, 0.29) is 12.5 Å². The van der Waals surface area contributed by atoms with E-state index in [0.29, 0.717) is 28.3 Å². The van der Waals surface area contributed by atoms with Gasteiger partial charge in [-0.1, -0.05) is 24.3 Å². The summed E-state index contributed by atoms with van der Waals surface area (Å²) in [4.78, 5) is 35.1. The van der Waals surface area contributed by atoms with Crippen LogP contribution in [-0.4, -0.2) is 24.3 Å². The predicted octanol–water partition coefficient (Wildman–Crippen LogP) is 2.95. The minimum Gasteiger partial charge on any atom is -0.457 e. The Morgan fingerprint density at radius 2 is 1.45 bits per heavy atom. The Morgan fingerprint density at radius 1 is 0.759 bits per heavy atom. The second-order valence-corrected chi connectivity index (χ2v) is 6.12. The van der Waals surface area contributed by atoms with Crippen LogP contribution in [0.2, 0.25) is 0 Å². The van der Waals surface area contributed by atoms with Gasteiger partial charge in [-0.05, 0) is 54.6 Å². The molecule has 0 unspecified atom stereocenters. The van der Waals surface area contributed by atoms with Crippen LogP contribution in [0.1, 0.15) is 20.7 Å². The zero-order valence-corrected chi connectivity index (χ0v) is 15.4. The summed E-state index contributed by atoms with van der Waals surface area (Å²) < 4.78 is 5.74. The van der Waals surface area contributed by atoms with Crippen molar-refractivity contribution in [1.82, 2.24) is 5.32 Å². The number of amides is 3. The molecule has 146 valence electrons. The Kier molecular flexibility index (Phi) is 6.22. The molecule has 3 amide bonds. The van der Waals surface area contributed by atoms with Gasteiger partial charge in [-0.3, -0.25) is 14.4 Å². The molecule has 4 N–H and O–H groups in total. The van der Waals surface area contributed by atoms with Crippen molar-refractivity contribution in [3.63, 3.8) is 0 Å². The van der Waals surface area contributed by atoms with Crippen LogP contribution in [0, 0.1) is 0 Å². The lowest BCUT2D eigenvalue weighted by molar-refractivity contribution is -0.117. The molecule has 3 aromatic rings. The third-order valence-electron chi connectivity index (χ3n) is 3.90. The molecule has 0 aromatic heterocycles. The van der Waals surface area contributed by atoms with Crippen molar-refractivity contribution in [3.05, 3.63) is 90.0 Å². The van der Waals surface area contributed by atoms with Crippen LogP contribution < -0.4 is 21.1 Å². The largest absolute Gasteiger partial charge is 0.457 e. The fraction of sp³-hybridized carbons (Fsp3) is 0.0455. The summed E-state index contributed by atoms with van der Waals surface area (Å²) >= 11 is 0. The van der Waals surface area contributed by atoms with Gasteiger partial charge < -0.3 is 21.1 Å². The molecule has 7 heteroatoms. The van der Waals surface area contributed by atoms with Crippen LogP contribution in [0.5, 0.6) is 11.5 Å². The van der Waals surface area contributed by atoms with Crippen molar-refractivity contribution >= 4 is 23.4 Å². The van der Waals surface area contributed by atoms with Crippen LogP contribution in [0.15, 0.2) is 78.9 Å². The molecule has 0 fully saturated rings. The maximum Gasteiger partial charge on any atom is 0.255 e. The highest BCUT2D eigenvalue weighted by Gasteiger charge is 2.10. The van der Waals surface area contributed by atoms with E-state index in [1.807, 2.05) is 30.3 Å². The number of nitrogens with one attached hydrogen (secondary N) is 2. The average molecular weight is 389 g/mol. The first-order valence-corrected chi connectivity index (χ1v) is 8.82. The number of nitrogens with two attached hydrogens (primary N) is 1. The van der Waals surface area contributed by atoms with E-state index < -0.39 is 11.8 Å². The van der Waals surface area contributed by atoms with Crippen molar-refractivity contribution in [2.24, 2.45) is 5.73 Å².